The van der Waals surface area contributed by atoms with E-state index in [1.54, 1.807) is 4.68 Å². The molecule has 23 heavy (non-hydrogen) atoms. The third-order valence-electron chi connectivity index (χ3n) is 3.58. The van der Waals surface area contributed by atoms with Gasteiger partial charge in [0.05, 0.1) is 23.1 Å². The third kappa shape index (κ3) is 2.87. The molecular weight excluding hydrogens is 284 g/mol. The summed E-state index contributed by atoms with van der Waals surface area (Å²) in [7, 11) is 0. The lowest BCUT2D eigenvalue weighted by Gasteiger charge is -1.98. The molecule has 2 heterocycles. The smallest absolute Gasteiger partial charge is 0.106 e. The predicted octanol–water partition coefficient (Wildman–Crippen LogP) is 3.99. The molecule has 4 aromatic rings. The summed E-state index contributed by atoms with van der Waals surface area (Å²) in [5, 5.41) is 9.45. The molecule has 0 amide bonds. The minimum Gasteiger partial charge on any atom is -0.248 e. The van der Waals surface area contributed by atoms with Crippen LogP contribution in [0.4, 0.5) is 0 Å². The first kappa shape index (κ1) is 13.4. The van der Waals surface area contributed by atoms with E-state index in [0.29, 0.717) is 0 Å². The molecule has 0 N–H and O–H groups in total. The molecule has 0 aliphatic heterocycles. The van der Waals surface area contributed by atoms with Gasteiger partial charge in [0.1, 0.15) is 5.69 Å². The molecule has 0 unspecified atom stereocenters. The van der Waals surface area contributed by atoms with Crippen molar-refractivity contribution in [2.45, 2.75) is 0 Å². The van der Waals surface area contributed by atoms with Crippen molar-refractivity contribution < 1.29 is 0 Å². The van der Waals surface area contributed by atoms with Gasteiger partial charge in [-0.1, -0.05) is 47.7 Å². The Labute approximate surface area is 133 Å². The van der Waals surface area contributed by atoms with Gasteiger partial charge in [0.25, 0.3) is 0 Å². The standard InChI is InChI=1S/C19H14N4/c1-2-7-18(8-3-1)23-14-17(21-22-23)13-12-16-11-10-15-6-4-5-9-19(15)20-16/h1-14H/b13-12+. The van der Waals surface area contributed by atoms with Crippen LogP contribution in [0.15, 0.2) is 72.9 Å². The number of hydrogen-bond donors (Lipinski definition) is 0. The van der Waals surface area contributed by atoms with Crippen LogP contribution >= 0.6 is 0 Å². The highest BCUT2D eigenvalue weighted by molar-refractivity contribution is 5.80. The van der Waals surface area contributed by atoms with Crippen molar-refractivity contribution in [1.29, 1.82) is 0 Å². The van der Waals surface area contributed by atoms with Gasteiger partial charge in [0, 0.05) is 5.39 Å². The van der Waals surface area contributed by atoms with Gasteiger partial charge < -0.3 is 0 Å². The number of pyridine rings is 1. The number of para-hydroxylation sites is 2. The van der Waals surface area contributed by atoms with Crippen molar-refractivity contribution in [3.63, 3.8) is 0 Å². The van der Waals surface area contributed by atoms with E-state index in [0.717, 1.165) is 28.0 Å². The molecule has 0 saturated carbocycles. The molecule has 0 atom stereocenters. The Kier molecular flexibility index (Phi) is 3.41. The fraction of sp³-hybridized carbons (Fsp3) is 0. The lowest BCUT2D eigenvalue weighted by Crippen LogP contribution is -1.93. The summed E-state index contributed by atoms with van der Waals surface area (Å²) in [5.74, 6) is 0. The largest absolute Gasteiger partial charge is 0.248 e. The van der Waals surface area contributed by atoms with Crippen LogP contribution in [-0.4, -0.2) is 20.0 Å². The monoisotopic (exact) mass is 298 g/mol. The normalized spacial score (nSPS) is 11.3. The maximum absolute atomic E-state index is 4.61. The minimum absolute atomic E-state index is 0.795. The van der Waals surface area contributed by atoms with E-state index in [9.17, 15) is 0 Å². The van der Waals surface area contributed by atoms with Crippen LogP contribution in [0.2, 0.25) is 0 Å². The Balaban J connectivity index is 1.59. The fourth-order valence-corrected chi connectivity index (χ4v) is 2.41. The average Bonchev–Trinajstić information content (AvgIpc) is 3.10. The van der Waals surface area contributed by atoms with Gasteiger partial charge in [-0.3, -0.25) is 0 Å². The van der Waals surface area contributed by atoms with E-state index in [-0.39, 0.29) is 0 Å². The predicted molar refractivity (Wildman–Crippen MR) is 92.0 cm³/mol. The summed E-state index contributed by atoms with van der Waals surface area (Å²) in [6.45, 7) is 0. The highest BCUT2D eigenvalue weighted by Gasteiger charge is 2.00. The second kappa shape index (κ2) is 5.85. The number of nitrogens with zero attached hydrogens (tertiary/aromatic N) is 4. The van der Waals surface area contributed by atoms with Crippen molar-refractivity contribution in [1.82, 2.24) is 20.0 Å². The van der Waals surface area contributed by atoms with Crippen molar-refractivity contribution in [3.8, 4) is 5.69 Å². The number of rotatable bonds is 3. The Hall–Kier alpha value is -3.27. The average molecular weight is 298 g/mol. The molecule has 0 bridgehead atoms. The molecule has 0 radical (unpaired) electrons. The SMILES string of the molecule is C(=C\c1ccc2ccccc2n1)/c1cn(-c2ccccc2)nn1. The van der Waals surface area contributed by atoms with Crippen molar-refractivity contribution in [2.24, 2.45) is 0 Å². The van der Waals surface area contributed by atoms with E-state index in [1.807, 2.05) is 72.9 Å². The van der Waals surface area contributed by atoms with E-state index < -0.39 is 0 Å². The van der Waals surface area contributed by atoms with Gasteiger partial charge in [0.15, 0.2) is 0 Å². The minimum atomic E-state index is 0.795. The van der Waals surface area contributed by atoms with E-state index in [4.69, 9.17) is 0 Å². The molecule has 0 spiro atoms. The highest BCUT2D eigenvalue weighted by atomic mass is 15.4. The van der Waals surface area contributed by atoms with Crippen molar-refractivity contribution in [3.05, 3.63) is 84.3 Å². The van der Waals surface area contributed by atoms with Crippen LogP contribution in [0.25, 0.3) is 28.7 Å². The number of benzene rings is 2. The topological polar surface area (TPSA) is 43.6 Å². The van der Waals surface area contributed by atoms with Gasteiger partial charge in [-0.05, 0) is 36.4 Å². The zero-order chi connectivity index (χ0) is 15.5. The molecule has 4 nitrogen and oxygen atoms in total. The number of aromatic nitrogens is 4. The van der Waals surface area contributed by atoms with Gasteiger partial charge in [-0.15, -0.1) is 5.10 Å². The lowest BCUT2D eigenvalue weighted by atomic mass is 10.2. The molecule has 4 heteroatoms. The Bertz CT molecular complexity index is 971. The van der Waals surface area contributed by atoms with Crippen LogP contribution in [0, 0.1) is 0 Å². The first-order valence-corrected chi connectivity index (χ1v) is 7.40. The highest BCUT2D eigenvalue weighted by Crippen LogP contribution is 2.13. The third-order valence-corrected chi connectivity index (χ3v) is 3.58. The van der Waals surface area contributed by atoms with Crippen LogP contribution in [0.5, 0.6) is 0 Å². The summed E-state index contributed by atoms with van der Waals surface area (Å²) in [5.41, 5.74) is 3.67. The molecular formula is C19H14N4. The van der Waals surface area contributed by atoms with Crippen LogP contribution in [0.1, 0.15) is 11.4 Å². The fourth-order valence-electron chi connectivity index (χ4n) is 2.41. The Morgan fingerprint density at radius 2 is 1.52 bits per heavy atom. The van der Waals surface area contributed by atoms with E-state index >= 15 is 0 Å². The summed E-state index contributed by atoms with van der Waals surface area (Å²) < 4.78 is 1.76. The van der Waals surface area contributed by atoms with Crippen LogP contribution in [0.3, 0.4) is 0 Å². The molecule has 2 aromatic carbocycles. The number of hydrogen-bond acceptors (Lipinski definition) is 3. The molecule has 2 aromatic heterocycles. The summed E-state index contributed by atoms with van der Waals surface area (Å²) in [4.78, 5) is 4.61. The van der Waals surface area contributed by atoms with Gasteiger partial charge in [-0.2, -0.15) is 0 Å². The summed E-state index contributed by atoms with van der Waals surface area (Å²) in [6.07, 6.45) is 5.77. The summed E-state index contributed by atoms with van der Waals surface area (Å²) >= 11 is 0. The lowest BCUT2D eigenvalue weighted by molar-refractivity contribution is 0.802. The maximum atomic E-state index is 4.61. The second-order valence-electron chi connectivity index (χ2n) is 5.19. The molecule has 0 aliphatic carbocycles. The Morgan fingerprint density at radius 3 is 2.43 bits per heavy atom. The maximum Gasteiger partial charge on any atom is 0.106 e. The second-order valence-corrected chi connectivity index (χ2v) is 5.19. The van der Waals surface area contributed by atoms with Crippen LogP contribution < -0.4 is 0 Å². The molecule has 4 rings (SSSR count). The number of fused-ring (bicyclic) bond motifs is 1. The quantitative estimate of drug-likeness (QED) is 0.574. The van der Waals surface area contributed by atoms with Gasteiger partial charge in [-0.25, -0.2) is 9.67 Å². The molecule has 0 saturated heterocycles. The first-order valence-electron chi connectivity index (χ1n) is 7.40. The van der Waals surface area contributed by atoms with Gasteiger partial charge >= 0.3 is 0 Å². The van der Waals surface area contributed by atoms with Gasteiger partial charge in [0.2, 0.25) is 0 Å². The molecule has 0 fully saturated rings. The van der Waals surface area contributed by atoms with Crippen LogP contribution in [-0.2, 0) is 0 Å². The van der Waals surface area contributed by atoms with Crippen molar-refractivity contribution in [2.75, 3.05) is 0 Å². The zero-order valence-electron chi connectivity index (χ0n) is 12.4. The van der Waals surface area contributed by atoms with E-state index in [2.05, 4.69) is 27.4 Å². The molecule has 0 aliphatic rings. The first-order chi connectivity index (χ1) is 11.4. The van der Waals surface area contributed by atoms with E-state index in [1.165, 1.54) is 0 Å². The Morgan fingerprint density at radius 1 is 0.739 bits per heavy atom. The summed E-state index contributed by atoms with van der Waals surface area (Å²) in [6, 6.07) is 22.1. The van der Waals surface area contributed by atoms with Crippen molar-refractivity contribution >= 4 is 23.1 Å². The molecule has 110 valence electrons. The zero-order valence-corrected chi connectivity index (χ0v) is 12.4.